The van der Waals surface area contributed by atoms with Crippen molar-refractivity contribution in [1.82, 2.24) is 19.7 Å². The number of nitrogens with two attached hydrogens (primary N) is 1. The molecule has 0 bridgehead atoms. The summed E-state index contributed by atoms with van der Waals surface area (Å²) < 4.78 is 1.73. The van der Waals surface area contributed by atoms with Crippen LogP contribution in [0, 0.1) is 0 Å². The minimum Gasteiger partial charge on any atom is -0.366 e. The van der Waals surface area contributed by atoms with Crippen molar-refractivity contribution in [1.29, 1.82) is 0 Å². The third-order valence-electron chi connectivity index (χ3n) is 5.46. The molecule has 7 nitrogen and oxygen atoms in total. The molecule has 4 rings (SSSR count). The summed E-state index contributed by atoms with van der Waals surface area (Å²) in [5.74, 6) is -0.317. The molecule has 3 aromatic rings. The molecular formula is C21H23N5O2. The van der Waals surface area contributed by atoms with Crippen LogP contribution in [0.3, 0.4) is 0 Å². The molecule has 144 valence electrons. The van der Waals surface area contributed by atoms with Crippen molar-refractivity contribution in [3.8, 4) is 11.3 Å². The van der Waals surface area contributed by atoms with Crippen molar-refractivity contribution < 1.29 is 9.59 Å². The van der Waals surface area contributed by atoms with Gasteiger partial charge in [0.25, 0.3) is 5.91 Å². The van der Waals surface area contributed by atoms with Gasteiger partial charge in [0.1, 0.15) is 0 Å². The zero-order valence-electron chi connectivity index (χ0n) is 15.8. The monoisotopic (exact) mass is 377 g/mol. The fourth-order valence-electron chi connectivity index (χ4n) is 4.08. The van der Waals surface area contributed by atoms with Gasteiger partial charge in [-0.3, -0.25) is 14.3 Å². The zero-order chi connectivity index (χ0) is 19.8. The van der Waals surface area contributed by atoms with Crippen molar-refractivity contribution in [3.63, 3.8) is 0 Å². The number of amides is 2. The number of rotatable bonds is 4. The number of aromatic amines is 1. The van der Waals surface area contributed by atoms with E-state index in [9.17, 15) is 9.59 Å². The van der Waals surface area contributed by atoms with Crippen LogP contribution in [0.1, 0.15) is 34.7 Å². The van der Waals surface area contributed by atoms with Gasteiger partial charge >= 0.3 is 0 Å². The Morgan fingerprint density at radius 2 is 2.21 bits per heavy atom. The molecule has 1 aliphatic heterocycles. The number of carbonyl (C=O) groups excluding carboxylic acids is 2. The number of carbonyl (C=O) groups is 2. The van der Waals surface area contributed by atoms with E-state index in [1.807, 2.05) is 30.3 Å². The number of nitrogens with zero attached hydrogens (tertiary/aromatic N) is 3. The summed E-state index contributed by atoms with van der Waals surface area (Å²) in [5.41, 5.74) is 9.73. The first-order chi connectivity index (χ1) is 13.5. The van der Waals surface area contributed by atoms with E-state index in [0.717, 1.165) is 47.1 Å². The molecule has 3 heterocycles. The van der Waals surface area contributed by atoms with Gasteiger partial charge in [0, 0.05) is 48.9 Å². The van der Waals surface area contributed by atoms with Crippen molar-refractivity contribution >= 4 is 22.7 Å². The molecule has 0 unspecified atom stereocenters. The third-order valence-corrected chi connectivity index (χ3v) is 5.46. The maximum atomic E-state index is 12.1. The van der Waals surface area contributed by atoms with Crippen LogP contribution in [0.15, 0.2) is 43.2 Å². The van der Waals surface area contributed by atoms with Gasteiger partial charge < -0.3 is 15.6 Å². The van der Waals surface area contributed by atoms with Crippen LogP contribution in [0.4, 0.5) is 0 Å². The Hall–Kier alpha value is -3.35. The van der Waals surface area contributed by atoms with Crippen LogP contribution in [-0.4, -0.2) is 44.6 Å². The molecule has 7 heteroatoms. The Morgan fingerprint density at radius 1 is 1.39 bits per heavy atom. The number of hydrogen-bond acceptors (Lipinski definition) is 3. The highest BCUT2D eigenvalue weighted by Crippen LogP contribution is 2.36. The summed E-state index contributed by atoms with van der Waals surface area (Å²) in [6.45, 7) is 4.99. The molecule has 2 amide bonds. The predicted octanol–water partition coefficient (Wildman–Crippen LogP) is 2.56. The summed E-state index contributed by atoms with van der Waals surface area (Å²) in [6, 6.07) is 5.79. The van der Waals surface area contributed by atoms with E-state index in [0.29, 0.717) is 12.1 Å². The standard InChI is InChI=1S/C21H23N5O2/c1-3-19(27)26-8-4-5-13(12-26)15-6-7-16(21(22)28)20-17(15)9-18(24-20)14-10-23-25(2)11-14/h3,6-7,9-11,13,24H,1,4-5,8,12H2,2H3,(H2,22,28)/t13-/m0/s1. The van der Waals surface area contributed by atoms with Crippen molar-refractivity contribution in [2.75, 3.05) is 13.1 Å². The number of nitrogens with one attached hydrogen (secondary N) is 1. The molecule has 1 aliphatic rings. The van der Waals surface area contributed by atoms with Gasteiger partial charge in [-0.1, -0.05) is 12.6 Å². The maximum absolute atomic E-state index is 12.1. The molecule has 0 spiro atoms. The number of fused-ring (bicyclic) bond motifs is 1. The van der Waals surface area contributed by atoms with E-state index in [1.54, 1.807) is 16.9 Å². The van der Waals surface area contributed by atoms with Crippen molar-refractivity contribution in [2.45, 2.75) is 18.8 Å². The van der Waals surface area contributed by atoms with E-state index in [1.165, 1.54) is 6.08 Å². The van der Waals surface area contributed by atoms with Crippen LogP contribution >= 0.6 is 0 Å². The first kappa shape index (κ1) is 18.0. The number of hydrogen-bond donors (Lipinski definition) is 2. The fourth-order valence-corrected chi connectivity index (χ4v) is 4.08. The highest BCUT2D eigenvalue weighted by Gasteiger charge is 2.26. The molecular weight excluding hydrogens is 354 g/mol. The summed E-state index contributed by atoms with van der Waals surface area (Å²) in [7, 11) is 1.86. The molecule has 1 fully saturated rings. The zero-order valence-corrected chi connectivity index (χ0v) is 15.8. The van der Waals surface area contributed by atoms with Gasteiger partial charge in [-0.25, -0.2) is 0 Å². The molecule has 28 heavy (non-hydrogen) atoms. The highest BCUT2D eigenvalue weighted by atomic mass is 16.2. The molecule has 0 radical (unpaired) electrons. The highest BCUT2D eigenvalue weighted by molar-refractivity contribution is 6.07. The first-order valence-corrected chi connectivity index (χ1v) is 9.33. The number of piperidine rings is 1. The van der Waals surface area contributed by atoms with Crippen LogP contribution in [0.25, 0.3) is 22.2 Å². The van der Waals surface area contributed by atoms with E-state index < -0.39 is 5.91 Å². The average Bonchev–Trinajstić information content (AvgIpc) is 3.32. The van der Waals surface area contributed by atoms with Crippen molar-refractivity contribution in [2.24, 2.45) is 12.8 Å². The SMILES string of the molecule is C=CC(=O)N1CCC[C@H](c2ccc(C(N)=O)c3[nH]c(-c4cnn(C)c4)cc23)C1. The molecule has 1 atom stereocenters. The van der Waals surface area contributed by atoms with Gasteiger partial charge in [0.2, 0.25) is 5.91 Å². The number of benzene rings is 1. The van der Waals surface area contributed by atoms with E-state index >= 15 is 0 Å². The quantitative estimate of drug-likeness (QED) is 0.684. The van der Waals surface area contributed by atoms with Crippen LogP contribution in [0.5, 0.6) is 0 Å². The molecule has 1 saturated heterocycles. The second-order valence-electron chi connectivity index (χ2n) is 7.27. The minimum atomic E-state index is -0.469. The molecule has 2 aromatic heterocycles. The maximum Gasteiger partial charge on any atom is 0.250 e. The lowest BCUT2D eigenvalue weighted by molar-refractivity contribution is -0.127. The minimum absolute atomic E-state index is 0.0418. The molecule has 0 saturated carbocycles. The second kappa shape index (κ2) is 6.99. The number of primary amides is 1. The largest absolute Gasteiger partial charge is 0.366 e. The topological polar surface area (TPSA) is 97.0 Å². The lowest BCUT2D eigenvalue weighted by atomic mass is 9.87. The lowest BCUT2D eigenvalue weighted by Gasteiger charge is -2.32. The van der Waals surface area contributed by atoms with Gasteiger partial charge in [0.05, 0.1) is 17.3 Å². The van der Waals surface area contributed by atoms with Crippen LogP contribution < -0.4 is 5.73 Å². The number of aromatic nitrogens is 3. The summed E-state index contributed by atoms with van der Waals surface area (Å²) in [5, 5.41) is 5.19. The summed E-state index contributed by atoms with van der Waals surface area (Å²) in [6.07, 6.45) is 6.98. The fraction of sp³-hybridized carbons (Fsp3) is 0.286. The second-order valence-corrected chi connectivity index (χ2v) is 7.27. The predicted molar refractivity (Wildman–Crippen MR) is 108 cm³/mol. The molecule has 0 aliphatic carbocycles. The average molecular weight is 377 g/mol. The van der Waals surface area contributed by atoms with E-state index in [-0.39, 0.29) is 11.8 Å². The third kappa shape index (κ3) is 3.09. The Morgan fingerprint density at radius 3 is 2.89 bits per heavy atom. The van der Waals surface area contributed by atoms with E-state index in [4.69, 9.17) is 5.73 Å². The summed E-state index contributed by atoms with van der Waals surface area (Å²) in [4.78, 5) is 29.2. The number of aryl methyl sites for hydroxylation is 1. The first-order valence-electron chi connectivity index (χ1n) is 9.33. The smallest absolute Gasteiger partial charge is 0.250 e. The Balaban J connectivity index is 1.81. The number of likely N-dealkylation sites (tertiary alicyclic amines) is 1. The molecule has 1 aromatic carbocycles. The van der Waals surface area contributed by atoms with Crippen LogP contribution in [0.2, 0.25) is 0 Å². The van der Waals surface area contributed by atoms with E-state index in [2.05, 4.69) is 16.7 Å². The van der Waals surface area contributed by atoms with Gasteiger partial charge in [-0.2, -0.15) is 5.10 Å². The Kier molecular flexibility index (Phi) is 4.50. The van der Waals surface area contributed by atoms with Gasteiger partial charge in [-0.05, 0) is 36.6 Å². The number of H-pyrrole nitrogens is 1. The Bertz CT molecular complexity index is 1080. The van der Waals surface area contributed by atoms with Gasteiger partial charge in [-0.15, -0.1) is 0 Å². The summed E-state index contributed by atoms with van der Waals surface area (Å²) >= 11 is 0. The van der Waals surface area contributed by atoms with Crippen LogP contribution in [-0.2, 0) is 11.8 Å². The lowest BCUT2D eigenvalue weighted by Crippen LogP contribution is -2.38. The van der Waals surface area contributed by atoms with Crippen molar-refractivity contribution in [3.05, 3.63) is 54.4 Å². The molecule has 3 N–H and O–H groups in total. The van der Waals surface area contributed by atoms with Gasteiger partial charge in [0.15, 0.2) is 0 Å². The normalized spacial score (nSPS) is 17.0. The Labute approximate surface area is 162 Å².